The molecule has 3 N–H and O–H groups in total. The van der Waals surface area contributed by atoms with Crippen molar-refractivity contribution < 1.29 is 4.79 Å². The molecular weight excluding hydrogens is 226 g/mol. The SMILES string of the molecule is CC(C)CNC(=O)C(C)N1C2CCC1CC(N)C2. The highest BCUT2D eigenvalue weighted by Crippen LogP contribution is 2.36. The average molecular weight is 253 g/mol. The first-order valence-corrected chi connectivity index (χ1v) is 7.29. The molecule has 0 spiro atoms. The summed E-state index contributed by atoms with van der Waals surface area (Å²) in [4.78, 5) is 14.6. The number of fused-ring (bicyclic) bond motifs is 2. The highest BCUT2D eigenvalue weighted by atomic mass is 16.2. The number of nitrogens with zero attached hydrogens (tertiary/aromatic N) is 1. The number of hydrogen-bond acceptors (Lipinski definition) is 3. The van der Waals surface area contributed by atoms with Crippen molar-refractivity contribution in [2.24, 2.45) is 11.7 Å². The minimum Gasteiger partial charge on any atom is -0.354 e. The van der Waals surface area contributed by atoms with Gasteiger partial charge in [-0.15, -0.1) is 0 Å². The van der Waals surface area contributed by atoms with Gasteiger partial charge in [0, 0.05) is 24.7 Å². The fraction of sp³-hybridized carbons (Fsp3) is 0.929. The van der Waals surface area contributed by atoms with Gasteiger partial charge in [-0.3, -0.25) is 9.69 Å². The Morgan fingerprint density at radius 3 is 2.33 bits per heavy atom. The van der Waals surface area contributed by atoms with Gasteiger partial charge in [0.05, 0.1) is 6.04 Å². The van der Waals surface area contributed by atoms with Crippen molar-refractivity contribution in [1.29, 1.82) is 0 Å². The van der Waals surface area contributed by atoms with Crippen LogP contribution in [0.5, 0.6) is 0 Å². The van der Waals surface area contributed by atoms with Crippen molar-refractivity contribution >= 4 is 5.91 Å². The molecule has 0 aliphatic carbocycles. The first kappa shape index (κ1) is 13.8. The standard InChI is InChI=1S/C14H27N3O/c1-9(2)8-16-14(18)10(3)17-12-4-5-13(17)7-11(15)6-12/h9-13H,4-8,15H2,1-3H3,(H,16,18). The molecule has 0 saturated carbocycles. The first-order chi connectivity index (χ1) is 8.49. The second-order valence-corrected chi connectivity index (χ2v) is 6.38. The zero-order valence-electron chi connectivity index (χ0n) is 11.9. The minimum absolute atomic E-state index is 0.00579. The molecule has 3 unspecified atom stereocenters. The van der Waals surface area contributed by atoms with Crippen LogP contribution in [0.3, 0.4) is 0 Å². The van der Waals surface area contributed by atoms with Crippen molar-refractivity contribution in [2.75, 3.05) is 6.54 Å². The van der Waals surface area contributed by atoms with Gasteiger partial charge < -0.3 is 11.1 Å². The largest absolute Gasteiger partial charge is 0.354 e. The van der Waals surface area contributed by atoms with E-state index in [1.165, 1.54) is 12.8 Å². The lowest BCUT2D eigenvalue weighted by Crippen LogP contribution is -2.55. The second-order valence-electron chi connectivity index (χ2n) is 6.38. The summed E-state index contributed by atoms with van der Waals surface area (Å²) in [7, 11) is 0. The molecule has 2 aliphatic rings. The molecule has 2 saturated heterocycles. The van der Waals surface area contributed by atoms with Gasteiger partial charge in [-0.25, -0.2) is 0 Å². The van der Waals surface area contributed by atoms with Gasteiger partial charge in [-0.1, -0.05) is 13.8 Å². The molecule has 18 heavy (non-hydrogen) atoms. The molecule has 0 radical (unpaired) electrons. The van der Waals surface area contributed by atoms with Crippen LogP contribution in [-0.4, -0.2) is 41.5 Å². The van der Waals surface area contributed by atoms with E-state index in [-0.39, 0.29) is 11.9 Å². The number of carbonyl (C=O) groups excluding carboxylic acids is 1. The quantitative estimate of drug-likeness (QED) is 0.789. The van der Waals surface area contributed by atoms with Gasteiger partial charge in [0.15, 0.2) is 0 Å². The Hall–Kier alpha value is -0.610. The molecule has 2 heterocycles. The molecule has 2 rings (SSSR count). The van der Waals surface area contributed by atoms with Crippen LogP contribution in [0.15, 0.2) is 0 Å². The number of rotatable bonds is 4. The average Bonchev–Trinajstić information content (AvgIpc) is 2.57. The minimum atomic E-state index is -0.00579. The van der Waals surface area contributed by atoms with Crippen LogP contribution in [0.25, 0.3) is 0 Å². The van der Waals surface area contributed by atoms with Crippen LogP contribution < -0.4 is 11.1 Å². The van der Waals surface area contributed by atoms with E-state index in [0.717, 1.165) is 19.4 Å². The third-order valence-electron chi connectivity index (χ3n) is 4.34. The molecule has 0 aromatic heterocycles. The number of nitrogens with one attached hydrogen (secondary N) is 1. The maximum atomic E-state index is 12.2. The van der Waals surface area contributed by atoms with E-state index in [2.05, 4.69) is 24.1 Å². The molecule has 4 nitrogen and oxygen atoms in total. The van der Waals surface area contributed by atoms with Crippen LogP contribution in [0.4, 0.5) is 0 Å². The van der Waals surface area contributed by atoms with Gasteiger partial charge in [0.2, 0.25) is 5.91 Å². The predicted molar refractivity (Wildman–Crippen MR) is 73.2 cm³/mol. The summed E-state index contributed by atoms with van der Waals surface area (Å²) in [5.74, 6) is 0.684. The Morgan fingerprint density at radius 1 is 1.28 bits per heavy atom. The highest BCUT2D eigenvalue weighted by Gasteiger charge is 2.43. The predicted octanol–water partition coefficient (Wildman–Crippen LogP) is 1.10. The Labute approximate surface area is 110 Å². The molecule has 104 valence electrons. The molecule has 3 atom stereocenters. The van der Waals surface area contributed by atoms with Crippen molar-refractivity contribution in [3.8, 4) is 0 Å². The number of piperidine rings is 1. The molecular formula is C14H27N3O. The number of carbonyl (C=O) groups is 1. The van der Waals surface area contributed by atoms with Crippen molar-refractivity contribution in [3.63, 3.8) is 0 Å². The summed E-state index contributed by atoms with van der Waals surface area (Å²) in [5, 5.41) is 3.05. The summed E-state index contributed by atoms with van der Waals surface area (Å²) in [6.45, 7) is 7.05. The lowest BCUT2D eigenvalue weighted by atomic mass is 9.96. The van der Waals surface area contributed by atoms with Crippen LogP contribution >= 0.6 is 0 Å². The van der Waals surface area contributed by atoms with Crippen LogP contribution in [0.1, 0.15) is 46.5 Å². The molecule has 1 amide bonds. The molecule has 0 aromatic rings. The van der Waals surface area contributed by atoms with E-state index in [9.17, 15) is 4.79 Å². The van der Waals surface area contributed by atoms with Crippen LogP contribution in [0.2, 0.25) is 0 Å². The second kappa shape index (κ2) is 5.57. The van der Waals surface area contributed by atoms with E-state index in [1.54, 1.807) is 0 Å². The number of nitrogens with two attached hydrogens (primary N) is 1. The summed E-state index contributed by atoms with van der Waals surface area (Å²) in [5.41, 5.74) is 6.07. The van der Waals surface area contributed by atoms with E-state index >= 15 is 0 Å². The van der Waals surface area contributed by atoms with Gasteiger partial charge in [-0.2, -0.15) is 0 Å². The fourth-order valence-electron chi connectivity index (χ4n) is 3.48. The van der Waals surface area contributed by atoms with Crippen molar-refractivity contribution in [2.45, 2.75) is 70.6 Å². The number of hydrogen-bond donors (Lipinski definition) is 2. The summed E-state index contributed by atoms with van der Waals surface area (Å²) < 4.78 is 0. The monoisotopic (exact) mass is 253 g/mol. The van der Waals surface area contributed by atoms with Gasteiger partial charge in [0.25, 0.3) is 0 Å². The van der Waals surface area contributed by atoms with E-state index in [1.807, 2.05) is 6.92 Å². The third kappa shape index (κ3) is 2.86. The molecule has 2 aliphatic heterocycles. The fourth-order valence-corrected chi connectivity index (χ4v) is 3.48. The third-order valence-corrected chi connectivity index (χ3v) is 4.34. The molecule has 2 fully saturated rings. The maximum Gasteiger partial charge on any atom is 0.237 e. The molecule has 0 aromatic carbocycles. The van der Waals surface area contributed by atoms with E-state index in [0.29, 0.717) is 24.0 Å². The van der Waals surface area contributed by atoms with Gasteiger partial charge in [-0.05, 0) is 38.5 Å². The van der Waals surface area contributed by atoms with E-state index in [4.69, 9.17) is 5.73 Å². The van der Waals surface area contributed by atoms with Crippen LogP contribution in [-0.2, 0) is 4.79 Å². The van der Waals surface area contributed by atoms with Gasteiger partial charge >= 0.3 is 0 Å². The normalized spacial score (nSPS) is 33.7. The Morgan fingerprint density at radius 2 is 1.83 bits per heavy atom. The first-order valence-electron chi connectivity index (χ1n) is 7.29. The van der Waals surface area contributed by atoms with Crippen LogP contribution in [0, 0.1) is 5.92 Å². The zero-order chi connectivity index (χ0) is 13.3. The maximum absolute atomic E-state index is 12.2. The van der Waals surface area contributed by atoms with Crippen molar-refractivity contribution in [3.05, 3.63) is 0 Å². The van der Waals surface area contributed by atoms with Crippen molar-refractivity contribution in [1.82, 2.24) is 10.2 Å². The Bertz CT molecular complexity index is 291. The highest BCUT2D eigenvalue weighted by molar-refractivity contribution is 5.81. The zero-order valence-corrected chi connectivity index (χ0v) is 11.9. The molecule has 2 bridgehead atoms. The summed E-state index contributed by atoms with van der Waals surface area (Å²) in [6, 6.07) is 1.38. The Kier molecular flexibility index (Phi) is 4.28. The molecule has 4 heteroatoms. The van der Waals surface area contributed by atoms with E-state index < -0.39 is 0 Å². The summed E-state index contributed by atoms with van der Waals surface area (Å²) >= 11 is 0. The lowest BCUT2D eigenvalue weighted by molar-refractivity contribution is -0.128. The van der Waals surface area contributed by atoms with Gasteiger partial charge in [0.1, 0.15) is 0 Å². The topological polar surface area (TPSA) is 58.4 Å². The number of amides is 1. The smallest absolute Gasteiger partial charge is 0.237 e. The Balaban J connectivity index is 1.93. The lowest BCUT2D eigenvalue weighted by Gasteiger charge is -2.40. The summed E-state index contributed by atoms with van der Waals surface area (Å²) in [6.07, 6.45) is 4.52.